The molecule has 0 bridgehead atoms. The Morgan fingerprint density at radius 3 is 2.84 bits per heavy atom. The van der Waals surface area contributed by atoms with Gasteiger partial charge in [-0.3, -0.25) is 4.52 Å². The molecule has 8 nitrogen and oxygen atoms in total. The van der Waals surface area contributed by atoms with Gasteiger partial charge in [0.2, 0.25) is 0 Å². The zero-order chi connectivity index (χ0) is 18.2. The molecule has 1 unspecified atom stereocenters. The normalized spacial score (nSPS) is 16.6. The molecule has 0 amide bonds. The van der Waals surface area contributed by atoms with Crippen LogP contribution in [-0.2, 0) is 6.42 Å². The SMILES string of the molecule is Cc1noc(=O)n1C1C=CC=C(F)C(Cl)=C1.NCCCc1cnon1. The van der Waals surface area contributed by atoms with Crippen molar-refractivity contribution in [2.75, 3.05) is 6.54 Å². The maximum absolute atomic E-state index is 13.1. The third kappa shape index (κ3) is 5.23. The fraction of sp³-hybridized carbons (Fsp3) is 0.333. The molecule has 0 saturated heterocycles. The van der Waals surface area contributed by atoms with E-state index in [1.54, 1.807) is 19.2 Å². The largest absolute Gasteiger partial charge is 0.442 e. The lowest BCUT2D eigenvalue weighted by Crippen LogP contribution is -2.19. The lowest BCUT2D eigenvalue weighted by atomic mass is 10.2. The van der Waals surface area contributed by atoms with Gasteiger partial charge in [0.05, 0.1) is 17.3 Å². The summed E-state index contributed by atoms with van der Waals surface area (Å²) in [5.41, 5.74) is 6.14. The Bertz CT molecular complexity index is 823. The highest BCUT2D eigenvalue weighted by atomic mass is 35.5. The first-order valence-electron chi connectivity index (χ1n) is 7.46. The van der Waals surface area contributed by atoms with Gasteiger partial charge in [-0.05, 0) is 38.5 Å². The maximum Gasteiger partial charge on any atom is 0.442 e. The Kier molecular flexibility index (Phi) is 6.84. The van der Waals surface area contributed by atoms with Crippen molar-refractivity contribution < 1.29 is 13.5 Å². The van der Waals surface area contributed by atoms with Gasteiger partial charge < -0.3 is 5.73 Å². The van der Waals surface area contributed by atoms with Crippen LogP contribution in [0, 0.1) is 6.92 Å². The van der Waals surface area contributed by atoms with Crippen molar-refractivity contribution >= 4 is 11.6 Å². The monoisotopic (exact) mass is 369 g/mol. The van der Waals surface area contributed by atoms with Gasteiger partial charge in [0, 0.05) is 0 Å². The summed E-state index contributed by atoms with van der Waals surface area (Å²) >= 11 is 5.70. The number of rotatable bonds is 4. The van der Waals surface area contributed by atoms with Gasteiger partial charge in [0.15, 0.2) is 5.82 Å². The number of hydrogen-bond donors (Lipinski definition) is 1. The molecular weight excluding hydrogens is 353 g/mol. The predicted molar refractivity (Wildman–Crippen MR) is 88.5 cm³/mol. The minimum atomic E-state index is -0.602. The molecule has 134 valence electrons. The fourth-order valence-electron chi connectivity index (χ4n) is 2.02. The van der Waals surface area contributed by atoms with Crippen LogP contribution in [0.15, 0.2) is 55.3 Å². The average Bonchev–Trinajstić information content (AvgIpc) is 3.18. The van der Waals surface area contributed by atoms with Crippen LogP contribution in [-0.4, -0.2) is 26.6 Å². The molecule has 1 atom stereocenters. The zero-order valence-corrected chi connectivity index (χ0v) is 14.2. The fourth-order valence-corrected chi connectivity index (χ4v) is 2.21. The number of aryl methyl sites for hydroxylation is 2. The van der Waals surface area contributed by atoms with E-state index in [4.69, 9.17) is 17.3 Å². The van der Waals surface area contributed by atoms with Crippen molar-refractivity contribution in [2.24, 2.45) is 5.73 Å². The molecule has 0 radical (unpaired) electrons. The Hall–Kier alpha value is -2.52. The van der Waals surface area contributed by atoms with E-state index < -0.39 is 17.6 Å². The van der Waals surface area contributed by atoms with Gasteiger partial charge in [-0.2, -0.15) is 0 Å². The predicted octanol–water partition coefficient (Wildman–Crippen LogP) is 2.19. The van der Waals surface area contributed by atoms with Crippen LogP contribution in [0.25, 0.3) is 0 Å². The number of allylic oxidation sites excluding steroid dienone is 6. The number of nitrogens with zero attached hydrogens (tertiary/aromatic N) is 4. The number of hydrogen-bond acceptors (Lipinski definition) is 7. The third-order valence-electron chi connectivity index (χ3n) is 3.24. The number of aromatic nitrogens is 4. The zero-order valence-electron chi connectivity index (χ0n) is 13.4. The van der Waals surface area contributed by atoms with Gasteiger partial charge in [-0.1, -0.05) is 39.2 Å². The van der Waals surface area contributed by atoms with Crippen LogP contribution in [0.1, 0.15) is 24.0 Å². The molecule has 25 heavy (non-hydrogen) atoms. The second-order valence-corrected chi connectivity index (χ2v) is 5.47. The molecule has 2 N–H and O–H groups in total. The van der Waals surface area contributed by atoms with Gasteiger partial charge in [-0.15, -0.1) is 0 Å². The van der Waals surface area contributed by atoms with E-state index in [9.17, 15) is 9.18 Å². The molecule has 0 fully saturated rings. The second kappa shape index (κ2) is 9.09. The van der Waals surface area contributed by atoms with Crippen LogP contribution in [0.2, 0.25) is 0 Å². The summed E-state index contributed by atoms with van der Waals surface area (Å²) in [4.78, 5) is 11.4. The summed E-state index contributed by atoms with van der Waals surface area (Å²) in [6.45, 7) is 2.31. The standard InChI is InChI=1S/C10H8ClFN2O2.C5H9N3O/c1-6-13-16-10(15)14(6)7-3-2-4-9(12)8(11)5-7;6-3-1-2-5-4-7-9-8-5/h2-5,7H,1H3;4H,1-3,6H2. The molecule has 2 heterocycles. The third-order valence-corrected chi connectivity index (χ3v) is 3.55. The summed E-state index contributed by atoms with van der Waals surface area (Å²) in [6, 6.07) is -0.490. The Balaban J connectivity index is 0.000000212. The molecular formula is C15H17ClFN5O3. The van der Waals surface area contributed by atoms with Crippen LogP contribution in [0.5, 0.6) is 0 Å². The topological polar surface area (TPSA) is 113 Å². The Labute approximate surface area is 147 Å². The highest BCUT2D eigenvalue weighted by Gasteiger charge is 2.16. The molecule has 10 heteroatoms. The van der Waals surface area contributed by atoms with E-state index in [1.165, 1.54) is 22.8 Å². The van der Waals surface area contributed by atoms with Crippen LogP contribution >= 0.6 is 11.6 Å². The van der Waals surface area contributed by atoms with E-state index in [-0.39, 0.29) is 5.03 Å². The smallest absolute Gasteiger partial charge is 0.330 e. The second-order valence-electron chi connectivity index (χ2n) is 5.06. The first kappa shape index (κ1) is 18.8. The maximum atomic E-state index is 13.1. The molecule has 1 aliphatic carbocycles. The minimum absolute atomic E-state index is 0.0394. The highest BCUT2D eigenvalue weighted by molar-refractivity contribution is 6.31. The number of nitrogens with two attached hydrogens (primary N) is 1. The van der Waals surface area contributed by atoms with Gasteiger partial charge in [0.25, 0.3) is 0 Å². The molecule has 0 aliphatic heterocycles. The van der Waals surface area contributed by atoms with Crippen LogP contribution in [0.4, 0.5) is 4.39 Å². The van der Waals surface area contributed by atoms with Gasteiger partial charge in [-0.25, -0.2) is 18.4 Å². The number of halogens is 2. The molecule has 2 aromatic rings. The summed E-state index contributed by atoms with van der Waals surface area (Å²) in [5.74, 6) is -0.736. The van der Waals surface area contributed by atoms with Gasteiger partial charge in [0.1, 0.15) is 11.5 Å². The van der Waals surface area contributed by atoms with Crippen molar-refractivity contribution in [2.45, 2.75) is 25.8 Å². The van der Waals surface area contributed by atoms with Crippen molar-refractivity contribution in [3.63, 3.8) is 0 Å². The van der Waals surface area contributed by atoms with Crippen LogP contribution < -0.4 is 11.5 Å². The minimum Gasteiger partial charge on any atom is -0.330 e. The average molecular weight is 370 g/mol. The van der Waals surface area contributed by atoms with Gasteiger partial charge >= 0.3 is 5.76 Å². The lowest BCUT2D eigenvalue weighted by Gasteiger charge is -2.08. The first-order chi connectivity index (χ1) is 12.0. The summed E-state index contributed by atoms with van der Waals surface area (Å²) in [6.07, 6.45) is 9.17. The molecule has 3 rings (SSSR count). The summed E-state index contributed by atoms with van der Waals surface area (Å²) in [5, 5.41) is 10.5. The lowest BCUT2D eigenvalue weighted by molar-refractivity contribution is 0.303. The van der Waals surface area contributed by atoms with Crippen molar-refractivity contribution in [1.29, 1.82) is 0 Å². The van der Waals surface area contributed by atoms with E-state index >= 15 is 0 Å². The van der Waals surface area contributed by atoms with E-state index in [2.05, 4.69) is 24.6 Å². The van der Waals surface area contributed by atoms with E-state index in [0.717, 1.165) is 18.5 Å². The molecule has 1 aliphatic rings. The van der Waals surface area contributed by atoms with E-state index in [0.29, 0.717) is 12.4 Å². The molecule has 2 aromatic heterocycles. The first-order valence-corrected chi connectivity index (χ1v) is 7.83. The molecule has 0 spiro atoms. The Morgan fingerprint density at radius 2 is 2.24 bits per heavy atom. The van der Waals surface area contributed by atoms with Crippen LogP contribution in [0.3, 0.4) is 0 Å². The van der Waals surface area contributed by atoms with Crippen molar-refractivity contribution in [3.05, 3.63) is 63.4 Å². The Morgan fingerprint density at radius 1 is 1.44 bits per heavy atom. The molecule has 0 saturated carbocycles. The van der Waals surface area contributed by atoms with Crippen molar-refractivity contribution in [1.82, 2.24) is 20.0 Å². The summed E-state index contributed by atoms with van der Waals surface area (Å²) in [7, 11) is 0. The van der Waals surface area contributed by atoms with E-state index in [1.807, 2.05) is 0 Å². The molecule has 0 aromatic carbocycles. The quantitative estimate of drug-likeness (QED) is 0.878. The summed E-state index contributed by atoms with van der Waals surface area (Å²) < 4.78 is 23.3. The van der Waals surface area contributed by atoms with Crippen molar-refractivity contribution in [3.8, 4) is 0 Å². The highest BCUT2D eigenvalue weighted by Crippen LogP contribution is 2.24.